The average Bonchev–Trinajstić information content (AvgIpc) is 2.86. The highest BCUT2D eigenvalue weighted by Crippen LogP contribution is 2.29. The second kappa shape index (κ2) is 5.37. The molecule has 1 unspecified atom stereocenters. The van der Waals surface area contributed by atoms with Gasteiger partial charge in [-0.15, -0.1) is 11.6 Å². The molecule has 5 heteroatoms. The average molecular weight is 302 g/mol. The number of ether oxygens (including phenoxy) is 1. The molecule has 108 valence electrons. The maximum absolute atomic E-state index is 6.31. The number of alkyl halides is 1. The van der Waals surface area contributed by atoms with Gasteiger partial charge >= 0.3 is 0 Å². The summed E-state index contributed by atoms with van der Waals surface area (Å²) in [5.41, 5.74) is 3.73. The van der Waals surface area contributed by atoms with Gasteiger partial charge in [0.15, 0.2) is 5.65 Å². The quantitative estimate of drug-likeness (QED) is 0.686. The van der Waals surface area contributed by atoms with Gasteiger partial charge in [-0.3, -0.25) is 4.57 Å². The van der Waals surface area contributed by atoms with Gasteiger partial charge in [-0.2, -0.15) is 4.98 Å². The molecule has 0 aliphatic carbocycles. The molecule has 0 saturated heterocycles. The van der Waals surface area contributed by atoms with E-state index in [1.807, 2.05) is 35.8 Å². The highest BCUT2D eigenvalue weighted by Gasteiger charge is 2.18. The minimum absolute atomic E-state index is 0.218. The van der Waals surface area contributed by atoms with Crippen molar-refractivity contribution in [2.24, 2.45) is 0 Å². The Hall–Kier alpha value is -2.07. The molecule has 0 fully saturated rings. The second-order valence-corrected chi connectivity index (χ2v) is 5.56. The van der Waals surface area contributed by atoms with Gasteiger partial charge < -0.3 is 4.74 Å². The fraction of sp³-hybridized carbons (Fsp3) is 0.250. The molecule has 0 amide bonds. The molecular formula is C16H16ClN3O. The number of nitrogens with zero attached hydrogens (tertiary/aromatic N) is 3. The smallest absolute Gasteiger partial charge is 0.215 e. The summed E-state index contributed by atoms with van der Waals surface area (Å²) in [7, 11) is 1.60. The van der Waals surface area contributed by atoms with Crippen molar-refractivity contribution in [2.45, 2.75) is 19.2 Å². The van der Waals surface area contributed by atoms with Crippen molar-refractivity contribution < 1.29 is 4.74 Å². The van der Waals surface area contributed by atoms with E-state index < -0.39 is 0 Å². The summed E-state index contributed by atoms with van der Waals surface area (Å²) in [6.45, 7) is 3.97. The first-order valence-corrected chi connectivity index (χ1v) is 7.19. The predicted molar refractivity (Wildman–Crippen MR) is 84.4 cm³/mol. The van der Waals surface area contributed by atoms with Gasteiger partial charge in [0.2, 0.25) is 5.88 Å². The number of pyridine rings is 1. The van der Waals surface area contributed by atoms with E-state index in [-0.39, 0.29) is 5.38 Å². The first-order valence-electron chi connectivity index (χ1n) is 6.75. The van der Waals surface area contributed by atoms with E-state index in [1.54, 1.807) is 13.2 Å². The fourth-order valence-corrected chi connectivity index (χ4v) is 2.54. The largest absolute Gasteiger partial charge is 0.481 e. The molecule has 2 aromatic heterocycles. The second-order valence-electron chi connectivity index (χ2n) is 4.90. The number of halogens is 1. The SMILES string of the molecule is COc1ccc2nc(C(C)Cl)n(-c3ccccc3C)c2n1. The van der Waals surface area contributed by atoms with Gasteiger partial charge in [-0.25, -0.2) is 4.98 Å². The number of methoxy groups -OCH3 is 1. The van der Waals surface area contributed by atoms with Crippen LogP contribution in [0.15, 0.2) is 36.4 Å². The van der Waals surface area contributed by atoms with Gasteiger partial charge in [0, 0.05) is 6.07 Å². The summed E-state index contributed by atoms with van der Waals surface area (Å²) in [6.07, 6.45) is 0. The number of para-hydroxylation sites is 1. The number of fused-ring (bicyclic) bond motifs is 1. The van der Waals surface area contributed by atoms with Crippen LogP contribution in [-0.2, 0) is 0 Å². The van der Waals surface area contributed by atoms with Gasteiger partial charge in [-0.1, -0.05) is 18.2 Å². The van der Waals surface area contributed by atoms with Crippen molar-refractivity contribution in [3.63, 3.8) is 0 Å². The van der Waals surface area contributed by atoms with E-state index in [4.69, 9.17) is 16.3 Å². The zero-order valence-corrected chi connectivity index (χ0v) is 12.9. The van der Waals surface area contributed by atoms with Crippen LogP contribution in [0.2, 0.25) is 0 Å². The fourth-order valence-electron chi connectivity index (χ4n) is 2.39. The van der Waals surface area contributed by atoms with Crippen LogP contribution < -0.4 is 4.74 Å². The lowest BCUT2D eigenvalue weighted by Crippen LogP contribution is -2.04. The third-order valence-electron chi connectivity index (χ3n) is 3.43. The van der Waals surface area contributed by atoms with Crippen molar-refractivity contribution in [3.05, 3.63) is 47.8 Å². The molecule has 0 spiro atoms. The van der Waals surface area contributed by atoms with Crippen LogP contribution in [0.1, 0.15) is 23.7 Å². The van der Waals surface area contributed by atoms with Crippen LogP contribution in [0.25, 0.3) is 16.9 Å². The summed E-state index contributed by atoms with van der Waals surface area (Å²) in [4.78, 5) is 9.15. The molecule has 2 heterocycles. The lowest BCUT2D eigenvalue weighted by molar-refractivity contribution is 0.399. The monoisotopic (exact) mass is 301 g/mol. The topological polar surface area (TPSA) is 39.9 Å². The zero-order chi connectivity index (χ0) is 15.0. The number of hydrogen-bond donors (Lipinski definition) is 0. The number of aryl methyl sites for hydroxylation is 1. The molecule has 0 bridgehead atoms. The minimum atomic E-state index is -0.218. The molecule has 0 N–H and O–H groups in total. The Kier molecular flexibility index (Phi) is 3.55. The molecule has 0 aliphatic heterocycles. The summed E-state index contributed by atoms with van der Waals surface area (Å²) in [5.74, 6) is 1.34. The number of imidazole rings is 1. The van der Waals surface area contributed by atoms with E-state index in [0.717, 1.165) is 28.2 Å². The van der Waals surface area contributed by atoms with E-state index in [1.165, 1.54) is 0 Å². The number of hydrogen-bond acceptors (Lipinski definition) is 3. The maximum atomic E-state index is 6.31. The molecule has 1 aromatic carbocycles. The highest BCUT2D eigenvalue weighted by molar-refractivity contribution is 6.20. The minimum Gasteiger partial charge on any atom is -0.481 e. The summed E-state index contributed by atoms with van der Waals surface area (Å²) in [6, 6.07) is 11.8. The predicted octanol–water partition coefficient (Wildman–Crippen LogP) is 4.04. The molecular weight excluding hydrogens is 286 g/mol. The first-order chi connectivity index (χ1) is 10.1. The lowest BCUT2D eigenvalue weighted by atomic mass is 10.2. The molecule has 3 rings (SSSR count). The number of rotatable bonds is 3. The number of benzene rings is 1. The molecule has 0 aliphatic rings. The van der Waals surface area contributed by atoms with E-state index in [0.29, 0.717) is 5.88 Å². The Morgan fingerprint density at radius 2 is 1.90 bits per heavy atom. The summed E-state index contributed by atoms with van der Waals surface area (Å²) < 4.78 is 7.23. The van der Waals surface area contributed by atoms with Crippen molar-refractivity contribution in [1.29, 1.82) is 0 Å². The zero-order valence-electron chi connectivity index (χ0n) is 12.2. The molecule has 3 aromatic rings. The Bertz CT molecular complexity index is 795. The Balaban J connectivity index is 2.37. The Morgan fingerprint density at radius 3 is 2.57 bits per heavy atom. The van der Waals surface area contributed by atoms with Crippen molar-refractivity contribution >= 4 is 22.8 Å². The standard InChI is InChI=1S/C16H16ClN3O/c1-10-6-4-5-7-13(10)20-15(11(2)17)18-12-8-9-14(21-3)19-16(12)20/h4-9,11H,1-3H3. The Morgan fingerprint density at radius 1 is 1.14 bits per heavy atom. The maximum Gasteiger partial charge on any atom is 0.215 e. The normalized spacial score (nSPS) is 12.6. The highest BCUT2D eigenvalue weighted by atomic mass is 35.5. The van der Waals surface area contributed by atoms with E-state index in [9.17, 15) is 0 Å². The summed E-state index contributed by atoms with van der Waals surface area (Å²) >= 11 is 6.31. The third kappa shape index (κ3) is 2.36. The van der Waals surface area contributed by atoms with Crippen LogP contribution in [0.3, 0.4) is 0 Å². The summed E-state index contributed by atoms with van der Waals surface area (Å²) in [5, 5.41) is -0.218. The van der Waals surface area contributed by atoms with Crippen LogP contribution in [0.4, 0.5) is 0 Å². The molecule has 0 radical (unpaired) electrons. The molecule has 0 saturated carbocycles. The third-order valence-corrected chi connectivity index (χ3v) is 3.62. The number of aromatic nitrogens is 3. The van der Waals surface area contributed by atoms with Crippen LogP contribution in [0, 0.1) is 6.92 Å². The van der Waals surface area contributed by atoms with Crippen molar-refractivity contribution in [2.75, 3.05) is 7.11 Å². The van der Waals surface area contributed by atoms with Crippen LogP contribution in [0.5, 0.6) is 5.88 Å². The van der Waals surface area contributed by atoms with E-state index in [2.05, 4.69) is 23.0 Å². The van der Waals surface area contributed by atoms with E-state index >= 15 is 0 Å². The van der Waals surface area contributed by atoms with Gasteiger partial charge in [0.05, 0.1) is 18.2 Å². The van der Waals surface area contributed by atoms with Crippen molar-refractivity contribution in [3.8, 4) is 11.6 Å². The van der Waals surface area contributed by atoms with Crippen molar-refractivity contribution in [1.82, 2.24) is 14.5 Å². The van der Waals surface area contributed by atoms with Gasteiger partial charge in [0.1, 0.15) is 11.3 Å². The lowest BCUT2D eigenvalue weighted by Gasteiger charge is -2.12. The van der Waals surface area contributed by atoms with Gasteiger partial charge in [-0.05, 0) is 31.5 Å². The van der Waals surface area contributed by atoms with Crippen LogP contribution in [-0.4, -0.2) is 21.6 Å². The molecule has 1 atom stereocenters. The molecule has 21 heavy (non-hydrogen) atoms. The van der Waals surface area contributed by atoms with Crippen LogP contribution >= 0.6 is 11.6 Å². The molecule has 4 nitrogen and oxygen atoms in total. The Labute approximate surface area is 128 Å². The first kappa shape index (κ1) is 13.9. The van der Waals surface area contributed by atoms with Gasteiger partial charge in [0.25, 0.3) is 0 Å².